The van der Waals surface area contributed by atoms with Crippen LogP contribution < -0.4 is 0 Å². The van der Waals surface area contributed by atoms with E-state index in [0.717, 1.165) is 6.07 Å². The van der Waals surface area contributed by atoms with E-state index in [1.807, 2.05) is 0 Å². The molecule has 0 spiro atoms. The van der Waals surface area contributed by atoms with Gasteiger partial charge in [0.05, 0.1) is 12.0 Å². The highest BCUT2D eigenvalue weighted by Crippen LogP contribution is 2.31. The van der Waals surface area contributed by atoms with Gasteiger partial charge in [-0.1, -0.05) is 11.6 Å². The van der Waals surface area contributed by atoms with Crippen molar-refractivity contribution in [1.82, 2.24) is 4.98 Å². The third kappa shape index (κ3) is 2.42. The maximum absolute atomic E-state index is 11.1. The minimum atomic E-state index is -0.715. The molecule has 0 N–H and O–H groups in total. The van der Waals surface area contributed by atoms with Crippen molar-refractivity contribution < 1.29 is 14.5 Å². The molecule has 1 aromatic heterocycles. The van der Waals surface area contributed by atoms with Crippen molar-refractivity contribution in [3.63, 3.8) is 0 Å². The highest BCUT2D eigenvalue weighted by Gasteiger charge is 2.22. The van der Waals surface area contributed by atoms with E-state index in [1.165, 1.54) is 7.11 Å². The summed E-state index contributed by atoms with van der Waals surface area (Å²) in [5.41, 5.74) is -0.482. The Labute approximate surface area is 97.5 Å². The number of hydrogen-bond donors (Lipinski definition) is 0. The number of aromatic nitrogens is 1. The summed E-state index contributed by atoms with van der Waals surface area (Å²) in [6.45, 7) is 0. The highest BCUT2D eigenvalue weighted by atomic mass is 79.9. The number of nitro groups is 1. The summed E-state index contributed by atoms with van der Waals surface area (Å²) in [4.78, 5) is 24.5. The minimum Gasteiger partial charge on any atom is -0.464 e. The van der Waals surface area contributed by atoms with Crippen molar-refractivity contribution in [2.45, 2.75) is 0 Å². The van der Waals surface area contributed by atoms with Gasteiger partial charge in [-0.05, 0) is 22.0 Å². The number of hydrogen-bond acceptors (Lipinski definition) is 5. The van der Waals surface area contributed by atoms with Crippen LogP contribution in [0.15, 0.2) is 10.7 Å². The van der Waals surface area contributed by atoms with Gasteiger partial charge in [-0.15, -0.1) is 0 Å². The molecule has 1 aromatic rings. The maximum Gasteiger partial charge on any atom is 0.356 e. The molecule has 0 amide bonds. The lowest BCUT2D eigenvalue weighted by molar-refractivity contribution is -0.385. The molecule has 0 saturated carbocycles. The molecule has 15 heavy (non-hydrogen) atoms. The first kappa shape index (κ1) is 11.9. The van der Waals surface area contributed by atoms with E-state index in [0.29, 0.717) is 0 Å². The van der Waals surface area contributed by atoms with E-state index in [9.17, 15) is 14.9 Å². The van der Waals surface area contributed by atoms with Gasteiger partial charge >= 0.3 is 11.7 Å². The molecule has 0 aromatic carbocycles. The van der Waals surface area contributed by atoms with E-state index in [2.05, 4.69) is 25.7 Å². The SMILES string of the molecule is COC(=O)c1cc(Cl)c([N+](=O)[O-])c(Br)n1. The summed E-state index contributed by atoms with van der Waals surface area (Å²) in [6, 6.07) is 1.08. The molecule has 0 aliphatic carbocycles. The van der Waals surface area contributed by atoms with Gasteiger partial charge in [-0.3, -0.25) is 10.1 Å². The normalized spacial score (nSPS) is 9.80. The van der Waals surface area contributed by atoms with Crippen molar-refractivity contribution in [1.29, 1.82) is 0 Å². The Hall–Kier alpha value is -1.21. The molecule has 8 heteroatoms. The molecular weight excluding hydrogens is 291 g/mol. The zero-order valence-electron chi connectivity index (χ0n) is 7.36. The average Bonchev–Trinajstić information content (AvgIpc) is 2.14. The van der Waals surface area contributed by atoms with Gasteiger partial charge in [0.1, 0.15) is 5.02 Å². The van der Waals surface area contributed by atoms with Crippen LogP contribution in [0.4, 0.5) is 5.69 Å². The summed E-state index contributed by atoms with van der Waals surface area (Å²) in [6.07, 6.45) is 0. The Bertz CT molecular complexity index is 414. The van der Waals surface area contributed by atoms with Crippen LogP contribution in [0.5, 0.6) is 0 Å². The van der Waals surface area contributed by atoms with Crippen LogP contribution in [0.2, 0.25) is 5.02 Å². The molecule has 0 radical (unpaired) electrons. The van der Waals surface area contributed by atoms with Gasteiger partial charge in [0.25, 0.3) is 0 Å². The number of methoxy groups -OCH3 is 1. The minimum absolute atomic E-state index is 0.0972. The van der Waals surface area contributed by atoms with Gasteiger partial charge in [0, 0.05) is 0 Å². The molecule has 0 unspecified atom stereocenters. The molecule has 0 bridgehead atoms. The fourth-order valence-corrected chi connectivity index (χ4v) is 1.77. The van der Waals surface area contributed by atoms with Crippen LogP contribution in [-0.4, -0.2) is 23.0 Å². The number of pyridine rings is 1. The molecule has 1 rings (SSSR count). The standard InChI is InChI=1S/C7H4BrClN2O4/c1-15-7(12)4-2-3(9)5(11(13)14)6(8)10-4/h2H,1H3. The lowest BCUT2D eigenvalue weighted by Crippen LogP contribution is -2.06. The first-order chi connectivity index (χ1) is 6.97. The second-order valence-electron chi connectivity index (χ2n) is 2.38. The maximum atomic E-state index is 11.1. The van der Waals surface area contributed by atoms with E-state index >= 15 is 0 Å². The molecular formula is C7H4BrClN2O4. The molecule has 0 saturated heterocycles. The zero-order chi connectivity index (χ0) is 11.6. The first-order valence-electron chi connectivity index (χ1n) is 3.56. The topological polar surface area (TPSA) is 82.3 Å². The summed E-state index contributed by atoms with van der Waals surface area (Å²) < 4.78 is 4.29. The quantitative estimate of drug-likeness (QED) is 0.361. The van der Waals surface area contributed by atoms with Crippen LogP contribution in [0.25, 0.3) is 0 Å². The van der Waals surface area contributed by atoms with E-state index in [-0.39, 0.29) is 21.0 Å². The van der Waals surface area contributed by atoms with E-state index in [1.54, 1.807) is 0 Å². The van der Waals surface area contributed by atoms with Crippen molar-refractivity contribution in [3.05, 3.63) is 31.5 Å². The number of esters is 1. The summed E-state index contributed by atoms with van der Waals surface area (Å²) in [7, 11) is 1.17. The third-order valence-electron chi connectivity index (χ3n) is 1.48. The summed E-state index contributed by atoms with van der Waals surface area (Å²) >= 11 is 8.46. The third-order valence-corrected chi connectivity index (χ3v) is 2.32. The van der Waals surface area contributed by atoms with Crippen molar-refractivity contribution >= 4 is 39.2 Å². The number of carbonyl (C=O) groups is 1. The molecule has 80 valence electrons. The van der Waals surface area contributed by atoms with Crippen LogP contribution in [0.1, 0.15) is 10.5 Å². The van der Waals surface area contributed by atoms with Crippen LogP contribution in [-0.2, 0) is 4.74 Å². The largest absolute Gasteiger partial charge is 0.464 e. The molecule has 1 heterocycles. The smallest absolute Gasteiger partial charge is 0.356 e. The molecule has 6 nitrogen and oxygen atoms in total. The van der Waals surface area contributed by atoms with Gasteiger partial charge in [0.2, 0.25) is 0 Å². The predicted octanol–water partition coefficient (Wildman–Crippen LogP) is 2.19. The summed E-state index contributed by atoms with van der Waals surface area (Å²) in [5.74, 6) is -0.715. The lowest BCUT2D eigenvalue weighted by atomic mass is 10.3. The van der Waals surface area contributed by atoms with Crippen molar-refractivity contribution in [2.24, 2.45) is 0 Å². The van der Waals surface area contributed by atoms with Crippen molar-refractivity contribution in [2.75, 3.05) is 7.11 Å². The Balaban J connectivity index is 3.31. The number of rotatable bonds is 2. The van der Waals surface area contributed by atoms with Gasteiger partial charge in [-0.2, -0.15) is 0 Å². The number of nitrogens with zero attached hydrogens (tertiary/aromatic N) is 2. The van der Waals surface area contributed by atoms with Gasteiger partial charge < -0.3 is 4.74 Å². The van der Waals surface area contributed by atoms with Crippen LogP contribution in [0, 0.1) is 10.1 Å². The van der Waals surface area contributed by atoms with Crippen molar-refractivity contribution in [3.8, 4) is 0 Å². The zero-order valence-corrected chi connectivity index (χ0v) is 9.70. The second kappa shape index (κ2) is 4.54. The Morgan fingerprint density at radius 3 is 2.73 bits per heavy atom. The Kier molecular flexibility index (Phi) is 3.59. The fourth-order valence-electron chi connectivity index (χ4n) is 0.850. The second-order valence-corrected chi connectivity index (χ2v) is 3.54. The van der Waals surface area contributed by atoms with Crippen LogP contribution >= 0.6 is 27.5 Å². The molecule has 0 aliphatic rings. The first-order valence-corrected chi connectivity index (χ1v) is 4.73. The van der Waals surface area contributed by atoms with Gasteiger partial charge in [-0.25, -0.2) is 9.78 Å². The van der Waals surface area contributed by atoms with Crippen LogP contribution in [0.3, 0.4) is 0 Å². The number of carbonyl (C=O) groups excluding carboxylic acids is 1. The Morgan fingerprint density at radius 1 is 1.73 bits per heavy atom. The molecule has 0 fully saturated rings. The van der Waals surface area contributed by atoms with E-state index in [4.69, 9.17) is 11.6 Å². The molecule has 0 aliphatic heterocycles. The monoisotopic (exact) mass is 294 g/mol. The Morgan fingerprint density at radius 2 is 2.33 bits per heavy atom. The van der Waals surface area contributed by atoms with E-state index < -0.39 is 10.9 Å². The van der Waals surface area contributed by atoms with Gasteiger partial charge in [0.15, 0.2) is 10.3 Å². The summed E-state index contributed by atoms with van der Waals surface area (Å²) in [5, 5.41) is 10.3. The number of halogens is 2. The predicted molar refractivity (Wildman–Crippen MR) is 54.9 cm³/mol. The highest BCUT2D eigenvalue weighted by molar-refractivity contribution is 9.10. The average molecular weight is 295 g/mol. The fraction of sp³-hybridized carbons (Fsp3) is 0.143. The lowest BCUT2D eigenvalue weighted by Gasteiger charge is -2.01. The molecule has 0 atom stereocenters. The number of ether oxygens (including phenoxy) is 1.